The Morgan fingerprint density at radius 2 is 2.03 bits per heavy atom. The van der Waals surface area contributed by atoms with Crippen molar-refractivity contribution in [3.8, 4) is 11.3 Å². The van der Waals surface area contributed by atoms with Crippen LogP contribution < -0.4 is 15.5 Å². The van der Waals surface area contributed by atoms with Gasteiger partial charge in [0, 0.05) is 35.9 Å². The lowest BCUT2D eigenvalue weighted by Crippen LogP contribution is -2.38. The highest BCUT2D eigenvalue weighted by Gasteiger charge is 2.24. The second-order valence-corrected chi connectivity index (χ2v) is 8.34. The molecule has 1 aliphatic heterocycles. The number of carbonyl (C=O) groups excluding carboxylic acids is 1. The smallest absolute Gasteiger partial charge is 0.329 e. The van der Waals surface area contributed by atoms with E-state index in [-0.39, 0.29) is 6.03 Å². The summed E-state index contributed by atoms with van der Waals surface area (Å²) in [5.41, 5.74) is 4.65. The Morgan fingerprint density at radius 1 is 1.17 bits per heavy atom. The van der Waals surface area contributed by atoms with Gasteiger partial charge in [0.15, 0.2) is 10.9 Å². The average molecular weight is 409 g/mol. The number of aromatic nitrogens is 3. The molecule has 0 fully saturated rings. The molecule has 2 N–H and O–H groups in total. The van der Waals surface area contributed by atoms with Crippen LogP contribution in [-0.2, 0) is 0 Å². The second-order valence-electron chi connectivity index (χ2n) is 7.13. The summed E-state index contributed by atoms with van der Waals surface area (Å²) < 4.78 is 0. The highest BCUT2D eigenvalue weighted by atomic mass is 32.1. The number of thiazole rings is 1. The van der Waals surface area contributed by atoms with Crippen LogP contribution in [0.4, 0.5) is 21.4 Å². The molecule has 0 aliphatic carbocycles. The van der Waals surface area contributed by atoms with Crippen molar-refractivity contribution in [3.63, 3.8) is 0 Å². The molecule has 0 bridgehead atoms. The Bertz CT molecular complexity index is 1030. The molecule has 0 saturated carbocycles. The maximum Gasteiger partial charge on any atom is 0.329 e. The van der Waals surface area contributed by atoms with Crippen LogP contribution in [-0.4, -0.2) is 34.1 Å². The summed E-state index contributed by atoms with van der Waals surface area (Å²) in [6, 6.07) is 5.72. The molecule has 4 heterocycles. The molecule has 1 aliphatic rings. The lowest BCUT2D eigenvalue weighted by Gasteiger charge is -2.27. The van der Waals surface area contributed by atoms with Gasteiger partial charge in [-0.05, 0) is 57.4 Å². The third-order valence-corrected chi connectivity index (χ3v) is 6.05. The van der Waals surface area contributed by atoms with Gasteiger partial charge in [-0.2, -0.15) is 0 Å². The molecule has 0 radical (unpaired) electrons. The van der Waals surface area contributed by atoms with E-state index in [0.29, 0.717) is 17.5 Å². The fourth-order valence-corrected chi connectivity index (χ4v) is 4.09. The topological polar surface area (TPSA) is 83.0 Å². The number of carbonyl (C=O) groups is 1. The summed E-state index contributed by atoms with van der Waals surface area (Å²) in [4.78, 5) is 29.5. The molecular formula is C21H24N6OS. The van der Waals surface area contributed by atoms with Crippen LogP contribution in [0, 0.1) is 20.8 Å². The minimum Gasteiger partial charge on any atom is -0.382 e. The summed E-state index contributed by atoms with van der Waals surface area (Å²) in [6.07, 6.45) is 5.47. The largest absolute Gasteiger partial charge is 0.382 e. The molecule has 0 saturated heterocycles. The number of fused-ring (bicyclic) bond motifs is 1. The second kappa shape index (κ2) is 8.16. The number of pyridine rings is 2. The number of rotatable bonds is 2. The van der Waals surface area contributed by atoms with Gasteiger partial charge in [0.25, 0.3) is 0 Å². The van der Waals surface area contributed by atoms with Gasteiger partial charge in [0.2, 0.25) is 0 Å². The van der Waals surface area contributed by atoms with Crippen LogP contribution in [0.1, 0.15) is 29.0 Å². The lowest BCUT2D eigenvalue weighted by molar-refractivity contribution is 0.256. The van der Waals surface area contributed by atoms with Gasteiger partial charge in [-0.25, -0.2) is 14.8 Å². The molecule has 29 heavy (non-hydrogen) atoms. The molecule has 2 amide bonds. The van der Waals surface area contributed by atoms with E-state index in [1.807, 2.05) is 45.2 Å². The monoisotopic (exact) mass is 408 g/mol. The maximum atomic E-state index is 13.1. The van der Waals surface area contributed by atoms with E-state index >= 15 is 0 Å². The molecule has 0 aromatic carbocycles. The molecule has 0 spiro atoms. The highest BCUT2D eigenvalue weighted by Crippen LogP contribution is 2.31. The van der Waals surface area contributed by atoms with Crippen molar-refractivity contribution in [1.82, 2.24) is 15.0 Å². The summed E-state index contributed by atoms with van der Waals surface area (Å²) >= 11 is 1.49. The molecular weight excluding hydrogens is 384 g/mol. The number of urea groups is 1. The quantitative estimate of drug-likeness (QED) is 0.638. The van der Waals surface area contributed by atoms with E-state index in [4.69, 9.17) is 4.98 Å². The SMILES string of the molecule is Cc1ccncc1-c1ccc2c(n1)N(C(=O)Nc1nc(C)c(C)s1)CCCCN2. The standard InChI is InChI=1S/C21H24N6OS/c1-13-8-10-22-12-16(13)17-6-7-18-19(25-17)27(11-5-4-9-23-18)21(28)26-20-24-14(2)15(3)29-20/h6-8,10,12,23H,4-5,9,11H2,1-3H3,(H,24,26,28). The first kappa shape index (κ1) is 19.3. The summed E-state index contributed by atoms with van der Waals surface area (Å²) in [5.74, 6) is 0.632. The zero-order valence-electron chi connectivity index (χ0n) is 16.8. The van der Waals surface area contributed by atoms with E-state index < -0.39 is 0 Å². The van der Waals surface area contributed by atoms with Gasteiger partial charge >= 0.3 is 6.03 Å². The van der Waals surface area contributed by atoms with Crippen LogP contribution in [0.25, 0.3) is 11.3 Å². The number of hydrogen-bond acceptors (Lipinski definition) is 6. The molecule has 7 nitrogen and oxygen atoms in total. The van der Waals surface area contributed by atoms with Crippen LogP contribution >= 0.6 is 11.3 Å². The number of amides is 2. The molecule has 3 aromatic rings. The summed E-state index contributed by atoms with van der Waals surface area (Å²) in [7, 11) is 0. The fraction of sp³-hybridized carbons (Fsp3) is 0.333. The van der Waals surface area contributed by atoms with E-state index in [9.17, 15) is 4.79 Å². The van der Waals surface area contributed by atoms with Gasteiger partial charge < -0.3 is 5.32 Å². The fourth-order valence-electron chi connectivity index (χ4n) is 3.28. The molecule has 150 valence electrons. The van der Waals surface area contributed by atoms with Crippen LogP contribution in [0.5, 0.6) is 0 Å². The zero-order valence-corrected chi connectivity index (χ0v) is 17.6. The zero-order chi connectivity index (χ0) is 20.4. The Labute approximate surface area is 174 Å². The van der Waals surface area contributed by atoms with Crippen molar-refractivity contribution >= 4 is 34.0 Å². The minimum absolute atomic E-state index is 0.212. The predicted octanol–water partition coefficient (Wildman–Crippen LogP) is 4.77. The van der Waals surface area contributed by atoms with Gasteiger partial charge in [-0.3, -0.25) is 15.2 Å². The van der Waals surface area contributed by atoms with E-state index in [1.165, 1.54) is 11.3 Å². The first-order valence-corrected chi connectivity index (χ1v) is 10.5. The number of nitrogens with one attached hydrogen (secondary N) is 2. The number of aryl methyl sites for hydroxylation is 3. The molecule has 0 unspecified atom stereocenters. The molecule has 8 heteroatoms. The Morgan fingerprint density at radius 3 is 2.79 bits per heavy atom. The predicted molar refractivity (Wildman–Crippen MR) is 118 cm³/mol. The Hall–Kier alpha value is -3.00. The van der Waals surface area contributed by atoms with Crippen LogP contribution in [0.15, 0.2) is 30.6 Å². The number of hydrogen-bond donors (Lipinski definition) is 2. The third-order valence-electron chi connectivity index (χ3n) is 5.06. The van der Waals surface area contributed by atoms with E-state index in [1.54, 1.807) is 11.1 Å². The average Bonchev–Trinajstić information content (AvgIpc) is 2.99. The molecule has 0 atom stereocenters. The van der Waals surface area contributed by atoms with Crippen molar-refractivity contribution in [2.45, 2.75) is 33.6 Å². The first-order chi connectivity index (χ1) is 14.0. The van der Waals surface area contributed by atoms with Gasteiger partial charge in [0.05, 0.1) is 17.1 Å². The Balaban J connectivity index is 1.71. The first-order valence-electron chi connectivity index (χ1n) is 9.71. The third kappa shape index (κ3) is 4.07. The van der Waals surface area contributed by atoms with E-state index in [0.717, 1.165) is 52.5 Å². The number of anilines is 3. The summed E-state index contributed by atoms with van der Waals surface area (Å²) in [5, 5.41) is 6.97. The highest BCUT2D eigenvalue weighted by molar-refractivity contribution is 7.15. The van der Waals surface area contributed by atoms with Crippen molar-refractivity contribution in [3.05, 3.63) is 46.7 Å². The van der Waals surface area contributed by atoms with Gasteiger partial charge in [-0.1, -0.05) is 0 Å². The van der Waals surface area contributed by atoms with Crippen molar-refractivity contribution in [1.29, 1.82) is 0 Å². The van der Waals surface area contributed by atoms with E-state index in [2.05, 4.69) is 20.6 Å². The maximum absolute atomic E-state index is 13.1. The molecule has 3 aromatic heterocycles. The molecule has 4 rings (SSSR count). The summed E-state index contributed by atoms with van der Waals surface area (Å²) in [6.45, 7) is 7.45. The minimum atomic E-state index is -0.212. The van der Waals surface area contributed by atoms with Crippen LogP contribution in [0.2, 0.25) is 0 Å². The lowest BCUT2D eigenvalue weighted by atomic mass is 10.1. The van der Waals surface area contributed by atoms with Crippen LogP contribution in [0.3, 0.4) is 0 Å². The van der Waals surface area contributed by atoms with Crippen molar-refractivity contribution in [2.24, 2.45) is 0 Å². The van der Waals surface area contributed by atoms with Crippen molar-refractivity contribution < 1.29 is 4.79 Å². The Kier molecular flexibility index (Phi) is 5.44. The normalized spacial score (nSPS) is 13.8. The van der Waals surface area contributed by atoms with Crippen molar-refractivity contribution in [2.75, 3.05) is 28.6 Å². The number of nitrogens with zero attached hydrogens (tertiary/aromatic N) is 4. The van der Waals surface area contributed by atoms with Gasteiger partial charge in [-0.15, -0.1) is 11.3 Å². The van der Waals surface area contributed by atoms with Gasteiger partial charge in [0.1, 0.15) is 0 Å².